The predicted octanol–water partition coefficient (Wildman–Crippen LogP) is 2.60. The van der Waals surface area contributed by atoms with Crippen molar-refractivity contribution in [3.63, 3.8) is 0 Å². The second kappa shape index (κ2) is 11.3. The van der Waals surface area contributed by atoms with Crippen LogP contribution in [0.3, 0.4) is 0 Å². The van der Waals surface area contributed by atoms with Crippen molar-refractivity contribution in [3.05, 3.63) is 54.1 Å². The van der Waals surface area contributed by atoms with E-state index in [0.717, 1.165) is 23.0 Å². The van der Waals surface area contributed by atoms with Gasteiger partial charge in [0, 0.05) is 57.2 Å². The maximum Gasteiger partial charge on any atom is 0.409 e. The highest BCUT2D eigenvalue weighted by molar-refractivity contribution is 7.99. The second-order valence-corrected chi connectivity index (χ2v) is 9.02. The summed E-state index contributed by atoms with van der Waals surface area (Å²) in [6, 6.07) is 11.8. The van der Waals surface area contributed by atoms with Gasteiger partial charge in [-0.25, -0.2) is 4.79 Å². The maximum atomic E-state index is 12.9. The average Bonchev–Trinajstić information content (AvgIpc) is 3.48. The lowest BCUT2D eigenvalue weighted by molar-refractivity contribution is -0.129. The third kappa shape index (κ3) is 5.79. The number of rotatable bonds is 8. The average molecular weight is 499 g/mol. The summed E-state index contributed by atoms with van der Waals surface area (Å²) < 4.78 is 14.4. The molecule has 0 N–H and O–H groups in total. The van der Waals surface area contributed by atoms with Gasteiger partial charge < -0.3 is 23.8 Å². The topological polar surface area (TPSA) is 94.7 Å². The number of carbonyl (C=O) groups is 2. The predicted molar refractivity (Wildman–Crippen MR) is 132 cm³/mol. The first-order valence-electron chi connectivity index (χ1n) is 11.5. The first-order valence-corrected chi connectivity index (χ1v) is 12.5. The molecule has 1 fully saturated rings. The molecule has 11 heteroatoms. The van der Waals surface area contributed by atoms with Crippen LogP contribution in [0.2, 0.25) is 0 Å². The second-order valence-electron chi connectivity index (χ2n) is 8.07. The van der Waals surface area contributed by atoms with Gasteiger partial charge in [0.1, 0.15) is 11.6 Å². The third-order valence-electron chi connectivity index (χ3n) is 5.90. The van der Waals surface area contributed by atoms with Crippen LogP contribution in [0.4, 0.5) is 4.79 Å². The van der Waals surface area contributed by atoms with Gasteiger partial charge in [-0.1, -0.05) is 11.8 Å². The highest BCUT2D eigenvalue weighted by Gasteiger charge is 2.25. The molecular weight excluding hydrogens is 468 g/mol. The monoisotopic (exact) mass is 498 g/mol. The number of thioether (sulfide) groups is 1. The van der Waals surface area contributed by atoms with Crippen LogP contribution >= 0.6 is 11.8 Å². The molecular formula is C24H30N6O4S. The highest BCUT2D eigenvalue weighted by atomic mass is 32.2. The van der Waals surface area contributed by atoms with Crippen molar-refractivity contribution in [3.8, 4) is 11.4 Å². The molecule has 3 heterocycles. The minimum absolute atomic E-state index is 0.00627. The van der Waals surface area contributed by atoms with E-state index in [1.54, 1.807) is 23.8 Å². The first-order chi connectivity index (χ1) is 17.0. The van der Waals surface area contributed by atoms with Crippen molar-refractivity contribution in [1.29, 1.82) is 0 Å². The lowest BCUT2D eigenvalue weighted by Gasteiger charge is -2.34. The number of aryl methyl sites for hydroxylation is 1. The van der Waals surface area contributed by atoms with Gasteiger partial charge in [-0.2, -0.15) is 0 Å². The summed E-state index contributed by atoms with van der Waals surface area (Å²) in [4.78, 5) is 28.2. The van der Waals surface area contributed by atoms with E-state index in [1.807, 2.05) is 48.1 Å². The number of hydrogen-bond acceptors (Lipinski definition) is 7. The molecule has 0 bridgehead atoms. The SMILES string of the molecule is CCOC(=O)N1CCN(C(=O)CSc2nnc(Cc3cccn3C)n2-c2ccc(OC)cc2)CC1. The fourth-order valence-corrected chi connectivity index (χ4v) is 4.79. The molecule has 4 rings (SSSR count). The molecule has 2 amide bonds. The van der Waals surface area contributed by atoms with E-state index in [1.165, 1.54) is 11.8 Å². The summed E-state index contributed by atoms with van der Waals surface area (Å²) >= 11 is 1.36. The van der Waals surface area contributed by atoms with E-state index >= 15 is 0 Å². The zero-order valence-electron chi connectivity index (χ0n) is 20.2. The zero-order valence-corrected chi connectivity index (χ0v) is 21.0. The molecule has 0 saturated carbocycles. The Morgan fingerprint density at radius 1 is 1.03 bits per heavy atom. The van der Waals surface area contributed by atoms with E-state index in [9.17, 15) is 9.59 Å². The quantitative estimate of drug-likeness (QED) is 0.441. The molecule has 3 aromatic rings. The summed E-state index contributed by atoms with van der Waals surface area (Å²) in [5, 5.41) is 9.52. The summed E-state index contributed by atoms with van der Waals surface area (Å²) in [5.41, 5.74) is 2.01. The Morgan fingerprint density at radius 3 is 2.37 bits per heavy atom. The Hall–Kier alpha value is -3.47. The molecule has 1 aliphatic rings. The number of ether oxygens (including phenoxy) is 2. The van der Waals surface area contributed by atoms with Gasteiger partial charge in [0.2, 0.25) is 5.91 Å². The lowest BCUT2D eigenvalue weighted by Crippen LogP contribution is -2.51. The molecule has 186 valence electrons. The molecule has 0 unspecified atom stereocenters. The fraction of sp³-hybridized carbons (Fsp3) is 0.417. The lowest BCUT2D eigenvalue weighted by atomic mass is 10.2. The molecule has 1 aromatic carbocycles. The van der Waals surface area contributed by atoms with Crippen LogP contribution in [0.15, 0.2) is 47.8 Å². The molecule has 0 spiro atoms. The van der Waals surface area contributed by atoms with Crippen LogP contribution in [0, 0.1) is 0 Å². The van der Waals surface area contributed by atoms with E-state index in [-0.39, 0.29) is 17.8 Å². The minimum Gasteiger partial charge on any atom is -0.497 e. The normalized spacial score (nSPS) is 13.7. The Balaban J connectivity index is 1.46. The van der Waals surface area contributed by atoms with E-state index < -0.39 is 0 Å². The van der Waals surface area contributed by atoms with Crippen LogP contribution in [0.25, 0.3) is 5.69 Å². The molecule has 0 radical (unpaired) electrons. The smallest absolute Gasteiger partial charge is 0.409 e. The van der Waals surface area contributed by atoms with Crippen molar-refractivity contribution >= 4 is 23.8 Å². The molecule has 10 nitrogen and oxygen atoms in total. The summed E-state index contributed by atoms with van der Waals surface area (Å²) in [5.74, 6) is 1.79. The largest absolute Gasteiger partial charge is 0.497 e. The van der Waals surface area contributed by atoms with Crippen LogP contribution < -0.4 is 4.74 Å². The molecule has 1 saturated heterocycles. The van der Waals surface area contributed by atoms with Gasteiger partial charge in [-0.3, -0.25) is 9.36 Å². The number of benzene rings is 1. The minimum atomic E-state index is -0.327. The summed E-state index contributed by atoms with van der Waals surface area (Å²) in [6.07, 6.45) is 2.28. The van der Waals surface area contributed by atoms with Gasteiger partial charge in [0.05, 0.1) is 19.5 Å². The zero-order chi connectivity index (χ0) is 24.8. The number of carbonyl (C=O) groups excluding carboxylic acids is 2. The Bertz CT molecular complexity index is 1150. The van der Waals surface area contributed by atoms with Gasteiger partial charge >= 0.3 is 6.09 Å². The van der Waals surface area contributed by atoms with Gasteiger partial charge in [0.25, 0.3) is 0 Å². The van der Waals surface area contributed by atoms with Crippen molar-refractivity contribution in [1.82, 2.24) is 29.1 Å². The third-order valence-corrected chi connectivity index (χ3v) is 6.82. The summed E-state index contributed by atoms with van der Waals surface area (Å²) in [7, 11) is 3.63. The van der Waals surface area contributed by atoms with Crippen molar-refractivity contribution < 1.29 is 19.1 Å². The highest BCUT2D eigenvalue weighted by Crippen LogP contribution is 2.25. The molecule has 0 atom stereocenters. The number of aromatic nitrogens is 4. The summed E-state index contributed by atoms with van der Waals surface area (Å²) in [6.45, 7) is 4.04. The Kier molecular flexibility index (Phi) is 7.96. The van der Waals surface area contributed by atoms with Crippen LogP contribution in [-0.4, -0.2) is 86.8 Å². The maximum absolute atomic E-state index is 12.9. The number of hydrogen-bond donors (Lipinski definition) is 0. The molecule has 1 aliphatic heterocycles. The van der Waals surface area contributed by atoms with E-state index in [4.69, 9.17) is 9.47 Å². The van der Waals surface area contributed by atoms with Crippen molar-refractivity contribution in [2.45, 2.75) is 18.5 Å². The number of methoxy groups -OCH3 is 1. The van der Waals surface area contributed by atoms with Crippen molar-refractivity contribution in [2.24, 2.45) is 7.05 Å². The Labute approximate surface area is 208 Å². The van der Waals surface area contributed by atoms with Crippen molar-refractivity contribution in [2.75, 3.05) is 45.6 Å². The van der Waals surface area contributed by atoms with E-state index in [0.29, 0.717) is 44.4 Å². The fourth-order valence-electron chi connectivity index (χ4n) is 3.91. The first kappa shape index (κ1) is 24.6. The number of piperazine rings is 1. The number of nitrogens with zero attached hydrogens (tertiary/aromatic N) is 6. The van der Waals surface area contributed by atoms with Gasteiger partial charge in [0.15, 0.2) is 5.16 Å². The van der Waals surface area contributed by atoms with Gasteiger partial charge in [-0.05, 0) is 43.3 Å². The van der Waals surface area contributed by atoms with E-state index in [2.05, 4.69) is 20.8 Å². The standard InChI is InChI=1S/C24H30N6O4S/c1-4-34-24(32)29-14-12-28(13-15-29)22(31)17-35-23-26-25-21(16-19-6-5-11-27(19)2)30(23)18-7-9-20(33-3)10-8-18/h5-11H,4,12-17H2,1-3H3. The van der Waals surface area contributed by atoms with Crippen LogP contribution in [-0.2, 0) is 23.0 Å². The van der Waals surface area contributed by atoms with Gasteiger partial charge in [-0.15, -0.1) is 10.2 Å². The Morgan fingerprint density at radius 2 is 1.74 bits per heavy atom. The van der Waals surface area contributed by atoms with Crippen LogP contribution in [0.1, 0.15) is 18.4 Å². The van der Waals surface area contributed by atoms with Crippen LogP contribution in [0.5, 0.6) is 5.75 Å². The molecule has 0 aliphatic carbocycles. The number of amides is 2. The molecule has 35 heavy (non-hydrogen) atoms. The molecule has 2 aromatic heterocycles.